The highest BCUT2D eigenvalue weighted by Crippen LogP contribution is 2.18. The molecule has 0 saturated carbocycles. The van der Waals surface area contributed by atoms with E-state index in [1.165, 1.54) is 12.1 Å². The van der Waals surface area contributed by atoms with E-state index in [9.17, 15) is 20.2 Å². The van der Waals surface area contributed by atoms with Gasteiger partial charge in [0.1, 0.15) is 13.2 Å². The lowest BCUT2D eigenvalue weighted by molar-refractivity contribution is -0.385. The molecule has 0 saturated heterocycles. The van der Waals surface area contributed by atoms with Crippen molar-refractivity contribution in [2.75, 3.05) is 13.2 Å². The molecule has 0 fully saturated rings. The summed E-state index contributed by atoms with van der Waals surface area (Å²) < 4.78 is 5.25. The van der Waals surface area contributed by atoms with Gasteiger partial charge in [-0.05, 0) is 0 Å². The van der Waals surface area contributed by atoms with E-state index in [2.05, 4.69) is 23.7 Å². The fourth-order valence-corrected chi connectivity index (χ4v) is 2.25. The number of para-hydroxylation sites is 2. The summed E-state index contributed by atoms with van der Waals surface area (Å²) in [5.74, 6) is 11.2. The second-order valence-corrected chi connectivity index (χ2v) is 5.33. The predicted octanol–water partition coefficient (Wildman–Crippen LogP) is 3.31. The van der Waals surface area contributed by atoms with Crippen molar-refractivity contribution in [1.29, 1.82) is 0 Å². The van der Waals surface area contributed by atoms with Gasteiger partial charge in [0.15, 0.2) is 0 Å². The van der Waals surface area contributed by atoms with E-state index in [0.717, 1.165) is 0 Å². The number of rotatable bonds is 6. The number of nitro groups is 2. The van der Waals surface area contributed by atoms with Crippen LogP contribution in [0.4, 0.5) is 11.4 Å². The average molecular weight is 364 g/mol. The van der Waals surface area contributed by atoms with Gasteiger partial charge in [0.25, 0.3) is 11.4 Å². The highest BCUT2D eigenvalue weighted by atomic mass is 16.6. The van der Waals surface area contributed by atoms with Crippen LogP contribution in [-0.2, 0) is 17.6 Å². The van der Waals surface area contributed by atoms with Crippen LogP contribution in [0.2, 0.25) is 0 Å². The van der Waals surface area contributed by atoms with Crippen LogP contribution in [0.3, 0.4) is 0 Å². The summed E-state index contributed by atoms with van der Waals surface area (Å²) in [5, 5.41) is 21.8. The summed E-state index contributed by atoms with van der Waals surface area (Å²) in [6, 6.07) is 12.9. The minimum atomic E-state index is -0.430. The molecule has 0 aromatic heterocycles. The molecule has 0 unspecified atom stereocenters. The first-order valence-electron chi connectivity index (χ1n) is 8.03. The molecule has 2 rings (SSSR count). The molecule has 2 aromatic carbocycles. The Labute approximate surface area is 156 Å². The number of benzene rings is 2. The van der Waals surface area contributed by atoms with Gasteiger partial charge in [-0.3, -0.25) is 20.2 Å². The Morgan fingerprint density at radius 2 is 1.11 bits per heavy atom. The Bertz CT molecular complexity index is 870. The first-order chi connectivity index (χ1) is 13.1. The van der Waals surface area contributed by atoms with Crippen molar-refractivity contribution >= 4 is 11.4 Å². The molecule has 0 aliphatic carbocycles. The molecule has 7 heteroatoms. The molecule has 0 aliphatic heterocycles. The smallest absolute Gasteiger partial charge is 0.273 e. The van der Waals surface area contributed by atoms with Crippen molar-refractivity contribution in [3.05, 3.63) is 79.9 Å². The Balaban J connectivity index is 1.76. The number of hydrogen-bond donors (Lipinski definition) is 0. The zero-order chi connectivity index (χ0) is 19.5. The summed E-state index contributed by atoms with van der Waals surface area (Å²) in [7, 11) is 0. The summed E-state index contributed by atoms with van der Waals surface area (Å²) in [5.41, 5.74) is 1.21. The van der Waals surface area contributed by atoms with E-state index in [-0.39, 0.29) is 37.4 Å². The molecule has 0 amide bonds. The van der Waals surface area contributed by atoms with Gasteiger partial charge in [-0.2, -0.15) is 0 Å². The second kappa shape index (κ2) is 10.3. The number of hydrogen-bond acceptors (Lipinski definition) is 5. The summed E-state index contributed by atoms with van der Waals surface area (Å²) in [6.45, 7) is 0.307. The van der Waals surface area contributed by atoms with Crippen LogP contribution in [0.1, 0.15) is 11.1 Å². The van der Waals surface area contributed by atoms with E-state index in [4.69, 9.17) is 4.74 Å². The molecular weight excluding hydrogens is 348 g/mol. The molecule has 7 nitrogen and oxygen atoms in total. The molecule has 2 aromatic rings. The van der Waals surface area contributed by atoms with E-state index < -0.39 is 9.85 Å². The minimum absolute atomic E-state index is 0.0496. The van der Waals surface area contributed by atoms with Crippen LogP contribution in [-0.4, -0.2) is 23.1 Å². The topological polar surface area (TPSA) is 95.5 Å². The summed E-state index contributed by atoms with van der Waals surface area (Å²) in [6.07, 6.45) is 0.535. The van der Waals surface area contributed by atoms with Crippen molar-refractivity contribution in [2.45, 2.75) is 12.8 Å². The van der Waals surface area contributed by atoms with Crippen molar-refractivity contribution in [2.24, 2.45) is 0 Å². The summed E-state index contributed by atoms with van der Waals surface area (Å²) in [4.78, 5) is 20.9. The zero-order valence-corrected chi connectivity index (χ0v) is 14.4. The molecule has 0 heterocycles. The number of nitrogens with zero attached hydrogens (tertiary/aromatic N) is 2. The molecule has 0 aliphatic rings. The number of ether oxygens (including phenoxy) is 1. The molecule has 27 heavy (non-hydrogen) atoms. The predicted molar refractivity (Wildman–Crippen MR) is 100.0 cm³/mol. The van der Waals surface area contributed by atoms with Crippen molar-refractivity contribution < 1.29 is 14.6 Å². The van der Waals surface area contributed by atoms with Crippen LogP contribution >= 0.6 is 0 Å². The first kappa shape index (κ1) is 19.6. The van der Waals surface area contributed by atoms with E-state index in [1.807, 2.05) is 0 Å². The Morgan fingerprint density at radius 3 is 1.52 bits per heavy atom. The molecule has 0 spiro atoms. The summed E-state index contributed by atoms with van der Waals surface area (Å²) >= 11 is 0. The van der Waals surface area contributed by atoms with Crippen LogP contribution < -0.4 is 0 Å². The maximum absolute atomic E-state index is 10.9. The first-order valence-corrected chi connectivity index (χ1v) is 8.03. The molecule has 0 bridgehead atoms. The fourth-order valence-electron chi connectivity index (χ4n) is 2.25. The molecular formula is C20H16N2O5. The Hall–Kier alpha value is -3.68. The third-order valence-corrected chi connectivity index (χ3v) is 3.53. The molecule has 136 valence electrons. The minimum Gasteiger partial charge on any atom is -0.356 e. The molecule has 0 N–H and O–H groups in total. The second-order valence-electron chi connectivity index (χ2n) is 5.33. The van der Waals surface area contributed by atoms with Gasteiger partial charge in [0, 0.05) is 36.1 Å². The number of nitro benzene ring substituents is 2. The van der Waals surface area contributed by atoms with Gasteiger partial charge in [0.2, 0.25) is 0 Å². The van der Waals surface area contributed by atoms with Crippen molar-refractivity contribution in [3.8, 4) is 23.7 Å². The quantitative estimate of drug-likeness (QED) is 0.339. The lowest BCUT2D eigenvalue weighted by atomic mass is 10.1. The molecule has 0 atom stereocenters. The van der Waals surface area contributed by atoms with Crippen molar-refractivity contribution in [3.63, 3.8) is 0 Å². The van der Waals surface area contributed by atoms with Gasteiger partial charge in [-0.1, -0.05) is 60.1 Å². The Kier molecular flexibility index (Phi) is 7.52. The third kappa shape index (κ3) is 6.28. The monoisotopic (exact) mass is 364 g/mol. The van der Waals surface area contributed by atoms with Crippen LogP contribution in [0.15, 0.2) is 48.5 Å². The fraction of sp³-hybridized carbons (Fsp3) is 0.200. The lowest BCUT2D eigenvalue weighted by Crippen LogP contribution is -1.95. The lowest BCUT2D eigenvalue weighted by Gasteiger charge is -1.97. The highest BCUT2D eigenvalue weighted by Gasteiger charge is 2.11. The van der Waals surface area contributed by atoms with E-state index in [0.29, 0.717) is 11.1 Å². The zero-order valence-electron chi connectivity index (χ0n) is 14.4. The van der Waals surface area contributed by atoms with Crippen LogP contribution in [0.25, 0.3) is 0 Å². The van der Waals surface area contributed by atoms with Crippen LogP contribution in [0, 0.1) is 43.9 Å². The largest absolute Gasteiger partial charge is 0.356 e. The van der Waals surface area contributed by atoms with E-state index >= 15 is 0 Å². The van der Waals surface area contributed by atoms with Gasteiger partial charge >= 0.3 is 0 Å². The molecule has 0 radical (unpaired) electrons. The Morgan fingerprint density at radius 1 is 0.704 bits per heavy atom. The maximum atomic E-state index is 10.9. The van der Waals surface area contributed by atoms with Gasteiger partial charge < -0.3 is 4.74 Å². The van der Waals surface area contributed by atoms with Crippen LogP contribution in [0.5, 0.6) is 0 Å². The maximum Gasteiger partial charge on any atom is 0.273 e. The van der Waals surface area contributed by atoms with Gasteiger partial charge in [-0.15, -0.1) is 0 Å². The highest BCUT2D eigenvalue weighted by molar-refractivity contribution is 5.42. The van der Waals surface area contributed by atoms with Crippen molar-refractivity contribution in [1.82, 2.24) is 0 Å². The van der Waals surface area contributed by atoms with E-state index in [1.54, 1.807) is 36.4 Å². The van der Waals surface area contributed by atoms with Gasteiger partial charge in [0.05, 0.1) is 9.85 Å². The normalized spacial score (nSPS) is 9.48. The standard InChI is InChI=1S/C20H16N2O5/c23-21(24)19-13-3-1-9-17(19)11-5-7-15-27-16-8-6-12-18-10-2-4-14-20(18)22(25)26/h1-4,9-10,13-14H,11-12,15-16H2. The third-order valence-electron chi connectivity index (χ3n) is 3.53. The SMILES string of the molecule is O=[N+]([O-])c1ccccc1CC#CCOCC#CCc1ccccc1[N+](=O)[O-]. The van der Waals surface area contributed by atoms with Gasteiger partial charge in [-0.25, -0.2) is 0 Å². The average Bonchev–Trinajstić information content (AvgIpc) is 2.67.